The summed E-state index contributed by atoms with van der Waals surface area (Å²) in [6, 6.07) is -0.496. The van der Waals surface area contributed by atoms with Gasteiger partial charge in [-0.1, -0.05) is 0 Å². The Kier molecular flexibility index (Phi) is 7.59. The Labute approximate surface area is 185 Å². The molecule has 0 saturated carbocycles. The Morgan fingerprint density at radius 1 is 1.31 bits per heavy atom. The minimum absolute atomic E-state index is 0.208. The van der Waals surface area contributed by atoms with Gasteiger partial charge in [0, 0.05) is 39.5 Å². The normalized spacial score (nSPS) is 25.0. The van der Waals surface area contributed by atoms with E-state index in [-0.39, 0.29) is 30.3 Å². The number of amides is 1. The molecule has 4 rings (SSSR count). The number of aromatic nitrogens is 4. The molecule has 2 aliphatic rings. The molecule has 2 aromatic heterocycles. The van der Waals surface area contributed by atoms with E-state index in [9.17, 15) is 9.90 Å². The minimum Gasteiger partial charge on any atom is -0.483 e. The molecule has 4 heterocycles. The number of carbonyl (C=O) groups excluding carboxylic acids is 1. The zero-order chi connectivity index (χ0) is 23.2. The summed E-state index contributed by atoms with van der Waals surface area (Å²) in [6.07, 6.45) is 6.97. The lowest BCUT2D eigenvalue weighted by atomic mass is 9.75. The summed E-state index contributed by atoms with van der Waals surface area (Å²) in [4.78, 5) is 27.2. The van der Waals surface area contributed by atoms with Crippen LogP contribution in [0.1, 0.15) is 42.6 Å². The van der Waals surface area contributed by atoms with Crippen LogP contribution in [-0.4, -0.2) is 90.7 Å². The second kappa shape index (κ2) is 10.2. The van der Waals surface area contributed by atoms with Crippen LogP contribution in [-0.2, 0) is 16.1 Å². The molecule has 2 aromatic rings. The molecule has 2 fully saturated rings. The third-order valence-corrected chi connectivity index (χ3v) is 6.05. The Morgan fingerprint density at radius 2 is 1.97 bits per heavy atom. The fourth-order valence-electron chi connectivity index (χ4n) is 4.26. The quantitative estimate of drug-likeness (QED) is 0.533. The van der Waals surface area contributed by atoms with Crippen molar-refractivity contribution in [3.05, 3.63) is 30.5 Å². The van der Waals surface area contributed by atoms with Gasteiger partial charge in [0.2, 0.25) is 0 Å². The molecule has 1 amide bonds. The number of rotatable bonds is 5. The van der Waals surface area contributed by atoms with Gasteiger partial charge in [0.05, 0.1) is 23.9 Å². The first-order valence-electron chi connectivity index (χ1n) is 10.5. The van der Waals surface area contributed by atoms with Gasteiger partial charge in [-0.15, -0.1) is 10.2 Å². The summed E-state index contributed by atoms with van der Waals surface area (Å²) >= 11 is 0. The molecule has 0 unspecified atom stereocenters. The van der Waals surface area contributed by atoms with Gasteiger partial charge in [0.25, 0.3) is 12.4 Å². The lowest BCUT2D eigenvalue weighted by molar-refractivity contribution is -0.186. The third-order valence-electron chi connectivity index (χ3n) is 6.05. The smallest absolute Gasteiger partial charge is 0.290 e. The van der Waals surface area contributed by atoms with E-state index in [2.05, 4.69) is 25.4 Å². The van der Waals surface area contributed by atoms with Crippen LogP contribution in [0.2, 0.25) is 0 Å². The van der Waals surface area contributed by atoms with Crippen LogP contribution in [0.4, 0.5) is 0 Å². The Balaban J connectivity index is 0.000000913. The number of oxazole rings is 1. The summed E-state index contributed by atoms with van der Waals surface area (Å²) in [6.45, 7) is 7.08. The molecule has 12 heteroatoms. The third kappa shape index (κ3) is 5.90. The largest absolute Gasteiger partial charge is 0.483 e. The Hall–Kier alpha value is -2.83. The number of nitrogens with one attached hydrogen (secondary N) is 1. The summed E-state index contributed by atoms with van der Waals surface area (Å²) in [7, 11) is 0. The van der Waals surface area contributed by atoms with E-state index < -0.39 is 11.6 Å². The molecule has 2 atom stereocenters. The van der Waals surface area contributed by atoms with Crippen LogP contribution >= 0.6 is 0 Å². The fourth-order valence-corrected chi connectivity index (χ4v) is 4.26. The topological polar surface area (TPSA) is 156 Å². The van der Waals surface area contributed by atoms with Gasteiger partial charge in [-0.05, 0) is 19.8 Å². The van der Waals surface area contributed by atoms with Gasteiger partial charge < -0.3 is 34.2 Å². The summed E-state index contributed by atoms with van der Waals surface area (Å²) < 4.78 is 13.3. The molecular formula is C20H30N6O6. The van der Waals surface area contributed by atoms with Gasteiger partial charge in [-0.25, -0.2) is 4.98 Å². The molecule has 2 aliphatic heterocycles. The van der Waals surface area contributed by atoms with Crippen molar-refractivity contribution < 1.29 is 29.0 Å². The number of hydrogen-bond acceptors (Lipinski definition) is 9. The predicted molar refractivity (Wildman–Crippen MR) is 111 cm³/mol. The van der Waals surface area contributed by atoms with Gasteiger partial charge in [0.1, 0.15) is 18.9 Å². The molecule has 0 aromatic carbocycles. The number of piperidine rings is 1. The molecule has 32 heavy (non-hydrogen) atoms. The highest BCUT2D eigenvalue weighted by Gasteiger charge is 2.49. The zero-order valence-corrected chi connectivity index (χ0v) is 18.3. The molecular weight excluding hydrogens is 420 g/mol. The van der Waals surface area contributed by atoms with Gasteiger partial charge in [-0.3, -0.25) is 9.59 Å². The second-order valence-corrected chi connectivity index (χ2v) is 8.45. The summed E-state index contributed by atoms with van der Waals surface area (Å²) in [5.41, 5.74) is -1.19. The molecule has 0 aliphatic carbocycles. The highest BCUT2D eigenvalue weighted by atomic mass is 16.5. The average molecular weight is 450 g/mol. The van der Waals surface area contributed by atoms with E-state index in [1.165, 1.54) is 6.26 Å². The van der Waals surface area contributed by atoms with Crippen LogP contribution in [0.25, 0.3) is 0 Å². The van der Waals surface area contributed by atoms with Crippen molar-refractivity contribution in [1.82, 2.24) is 30.0 Å². The van der Waals surface area contributed by atoms with Crippen LogP contribution in [0.5, 0.6) is 0 Å². The van der Waals surface area contributed by atoms with Crippen LogP contribution in [0.3, 0.4) is 0 Å². The maximum atomic E-state index is 12.4. The van der Waals surface area contributed by atoms with Crippen LogP contribution < -0.4 is 5.32 Å². The molecule has 1 spiro atoms. The number of aryl methyl sites for hydroxylation is 1. The van der Waals surface area contributed by atoms with Crippen molar-refractivity contribution in [3.63, 3.8) is 0 Å². The fraction of sp³-hybridized carbons (Fsp3) is 0.650. The first-order valence-corrected chi connectivity index (χ1v) is 10.5. The van der Waals surface area contributed by atoms with Crippen molar-refractivity contribution in [1.29, 1.82) is 0 Å². The van der Waals surface area contributed by atoms with Crippen molar-refractivity contribution in [2.24, 2.45) is 0 Å². The lowest BCUT2D eigenvalue weighted by Gasteiger charge is -2.51. The first kappa shape index (κ1) is 23.8. The molecule has 12 nitrogen and oxygen atoms in total. The number of ether oxygens (including phenoxy) is 1. The number of carboxylic acid groups (broad SMARTS) is 1. The Bertz CT molecular complexity index is 875. The number of carbonyl (C=O) groups is 2. The predicted octanol–water partition coefficient (Wildman–Crippen LogP) is 0.0798. The van der Waals surface area contributed by atoms with Crippen LogP contribution in [0.15, 0.2) is 23.3 Å². The van der Waals surface area contributed by atoms with Gasteiger partial charge in [0.15, 0.2) is 11.6 Å². The number of hydrogen-bond donors (Lipinski definition) is 3. The van der Waals surface area contributed by atoms with E-state index in [0.29, 0.717) is 12.3 Å². The molecule has 0 radical (unpaired) electrons. The summed E-state index contributed by atoms with van der Waals surface area (Å²) in [5.74, 6) is 0.0623. The van der Waals surface area contributed by atoms with Gasteiger partial charge in [-0.2, -0.15) is 0 Å². The molecule has 3 N–H and O–H groups in total. The van der Waals surface area contributed by atoms with E-state index in [1.807, 2.05) is 4.57 Å². The number of nitrogens with zero attached hydrogens (tertiary/aromatic N) is 5. The Morgan fingerprint density at radius 3 is 2.53 bits per heavy atom. The van der Waals surface area contributed by atoms with Crippen molar-refractivity contribution >= 4 is 12.4 Å². The van der Waals surface area contributed by atoms with E-state index in [1.54, 1.807) is 26.5 Å². The zero-order valence-electron chi connectivity index (χ0n) is 18.3. The maximum absolute atomic E-state index is 12.4. The average Bonchev–Trinajstić information content (AvgIpc) is 3.42. The SMILES string of the molecule is Cc1nc(C(=O)N[C@H]2COC3(CCN(CCn4cnnc4)CC3)C[C@]2(C)O)co1.O=CO. The van der Waals surface area contributed by atoms with E-state index >= 15 is 0 Å². The maximum Gasteiger partial charge on any atom is 0.290 e. The number of aliphatic hydroxyl groups is 1. The standard InChI is InChI=1S/C19H28N6O4.CH2O2/c1-14-22-15(9-28-14)17(26)23-16-10-29-19(11-18(16,2)27)3-5-24(6-4-19)7-8-25-12-20-21-13-25;2-1-3/h9,12-13,16,27H,3-8,10-11H2,1-2H3,(H,23,26);1H,(H,2,3)/t16-,18-;/m0./s1. The van der Waals surface area contributed by atoms with Crippen molar-refractivity contribution in [3.8, 4) is 0 Å². The van der Waals surface area contributed by atoms with Gasteiger partial charge >= 0.3 is 0 Å². The van der Waals surface area contributed by atoms with Crippen molar-refractivity contribution in [2.45, 2.75) is 56.9 Å². The van der Waals surface area contributed by atoms with Crippen LogP contribution in [0, 0.1) is 6.92 Å². The highest BCUT2D eigenvalue weighted by molar-refractivity contribution is 5.92. The number of likely N-dealkylation sites (tertiary alicyclic amines) is 1. The second-order valence-electron chi connectivity index (χ2n) is 8.45. The lowest BCUT2D eigenvalue weighted by Crippen LogP contribution is -2.64. The van der Waals surface area contributed by atoms with Crippen molar-refractivity contribution in [2.75, 3.05) is 26.2 Å². The monoisotopic (exact) mass is 450 g/mol. The molecule has 0 bridgehead atoms. The minimum atomic E-state index is -1.06. The van der Waals surface area contributed by atoms with E-state index in [4.69, 9.17) is 19.1 Å². The molecule has 176 valence electrons. The summed E-state index contributed by atoms with van der Waals surface area (Å²) in [5, 5.41) is 28.5. The highest BCUT2D eigenvalue weighted by Crippen LogP contribution is 2.39. The first-order chi connectivity index (χ1) is 15.3. The van der Waals surface area contributed by atoms with E-state index in [0.717, 1.165) is 39.0 Å². The molecule has 2 saturated heterocycles.